The fourth-order valence-corrected chi connectivity index (χ4v) is 4.03. The van der Waals surface area contributed by atoms with Crippen LogP contribution in [0, 0.1) is 5.41 Å². The number of rotatable bonds is 5. The van der Waals surface area contributed by atoms with Crippen molar-refractivity contribution in [2.24, 2.45) is 5.41 Å². The molecule has 0 bridgehead atoms. The van der Waals surface area contributed by atoms with E-state index in [1.165, 1.54) is 0 Å². The molecule has 1 aromatic carbocycles. The number of nitrogens with zero attached hydrogens (tertiary/aromatic N) is 1. The number of carbonyl (C=O) groups is 3. The molecule has 1 N–H and O–H groups in total. The van der Waals surface area contributed by atoms with E-state index in [9.17, 15) is 14.4 Å². The molecule has 1 saturated carbocycles. The predicted molar refractivity (Wildman–Crippen MR) is 99.1 cm³/mol. The van der Waals surface area contributed by atoms with Gasteiger partial charge in [-0.3, -0.25) is 14.4 Å². The Labute approximate surface area is 163 Å². The number of cyclic esters (lactones) is 1. The molecule has 4 rings (SSSR count). The predicted octanol–water partition coefficient (Wildman–Crippen LogP) is 2.09. The minimum Gasteiger partial charge on any atom is -0.449 e. The molecular formula is C20H23ClN2O4. The fourth-order valence-electron chi connectivity index (χ4n) is 3.90. The SMILES string of the molecule is CC1(C(=O)N2CC(Cc3ccc(Cl)cc3)(C(=O)NC3CC3)C2)CCC(=O)O1. The van der Waals surface area contributed by atoms with Gasteiger partial charge in [-0.05, 0) is 43.9 Å². The first-order valence-electron chi connectivity index (χ1n) is 9.36. The number of benzene rings is 1. The second-order valence-electron chi connectivity index (χ2n) is 8.20. The first kappa shape index (κ1) is 18.3. The Kier molecular flexibility index (Phi) is 4.41. The highest BCUT2D eigenvalue weighted by Gasteiger charge is 2.56. The standard InChI is InChI=1S/C20H23ClN2O4/c1-19(9-8-16(24)27-19)18(26)23-11-20(12-23,17(25)22-15-6-7-15)10-13-2-4-14(21)5-3-13/h2-5,15H,6-12H2,1H3,(H,22,25). The van der Waals surface area contributed by atoms with Crippen molar-refractivity contribution >= 4 is 29.4 Å². The third-order valence-corrected chi connectivity index (χ3v) is 5.97. The fraction of sp³-hybridized carbons (Fsp3) is 0.550. The third kappa shape index (κ3) is 3.55. The number of hydrogen-bond donors (Lipinski definition) is 1. The van der Waals surface area contributed by atoms with Gasteiger partial charge in [-0.25, -0.2) is 0 Å². The number of esters is 1. The van der Waals surface area contributed by atoms with Crippen molar-refractivity contribution in [1.82, 2.24) is 10.2 Å². The lowest BCUT2D eigenvalue weighted by molar-refractivity contribution is -0.173. The Balaban J connectivity index is 1.49. The van der Waals surface area contributed by atoms with E-state index in [1.807, 2.05) is 24.3 Å². The van der Waals surface area contributed by atoms with E-state index in [0.29, 0.717) is 31.0 Å². The van der Waals surface area contributed by atoms with Gasteiger partial charge in [0.25, 0.3) is 5.91 Å². The number of halogens is 1. The molecule has 3 fully saturated rings. The lowest BCUT2D eigenvalue weighted by Gasteiger charge is -2.50. The molecule has 2 saturated heterocycles. The first-order chi connectivity index (χ1) is 12.8. The van der Waals surface area contributed by atoms with Crippen LogP contribution >= 0.6 is 11.6 Å². The molecule has 1 aromatic rings. The summed E-state index contributed by atoms with van der Waals surface area (Å²) in [6.45, 7) is 2.32. The normalized spacial score (nSPS) is 26.3. The van der Waals surface area contributed by atoms with Crippen molar-refractivity contribution in [3.05, 3.63) is 34.9 Å². The van der Waals surface area contributed by atoms with Gasteiger partial charge in [0.05, 0.1) is 5.41 Å². The zero-order valence-electron chi connectivity index (χ0n) is 15.3. The summed E-state index contributed by atoms with van der Waals surface area (Å²) in [5.74, 6) is -0.554. The van der Waals surface area contributed by atoms with E-state index in [0.717, 1.165) is 18.4 Å². The molecule has 3 aliphatic rings. The minimum atomic E-state index is -1.10. The molecule has 0 radical (unpaired) electrons. The first-order valence-corrected chi connectivity index (χ1v) is 9.74. The number of nitrogens with one attached hydrogen (secondary N) is 1. The van der Waals surface area contributed by atoms with Gasteiger partial charge in [0, 0.05) is 37.0 Å². The summed E-state index contributed by atoms with van der Waals surface area (Å²) >= 11 is 5.96. The lowest BCUT2D eigenvalue weighted by atomic mass is 9.73. The van der Waals surface area contributed by atoms with Gasteiger partial charge in [-0.15, -0.1) is 0 Å². The lowest BCUT2D eigenvalue weighted by Crippen LogP contribution is -2.68. The Hall–Kier alpha value is -2.08. The van der Waals surface area contributed by atoms with Crippen molar-refractivity contribution < 1.29 is 19.1 Å². The molecule has 2 aliphatic heterocycles. The smallest absolute Gasteiger partial charge is 0.307 e. The van der Waals surface area contributed by atoms with Crippen LogP contribution in [0.3, 0.4) is 0 Å². The highest BCUT2D eigenvalue weighted by molar-refractivity contribution is 6.30. The van der Waals surface area contributed by atoms with Crippen LogP contribution in [0.15, 0.2) is 24.3 Å². The van der Waals surface area contributed by atoms with Gasteiger partial charge in [0.2, 0.25) is 5.91 Å². The van der Waals surface area contributed by atoms with Gasteiger partial charge < -0.3 is 15.0 Å². The number of hydrogen-bond acceptors (Lipinski definition) is 4. The Morgan fingerprint density at radius 1 is 1.26 bits per heavy atom. The molecule has 2 amide bonds. The van der Waals surface area contributed by atoms with E-state index >= 15 is 0 Å². The molecule has 1 aliphatic carbocycles. The summed E-state index contributed by atoms with van der Waals surface area (Å²) in [5, 5.41) is 3.74. The van der Waals surface area contributed by atoms with Crippen LogP contribution in [-0.2, 0) is 25.5 Å². The molecular weight excluding hydrogens is 368 g/mol. The van der Waals surface area contributed by atoms with E-state index in [1.54, 1.807) is 11.8 Å². The third-order valence-electron chi connectivity index (χ3n) is 5.72. The van der Waals surface area contributed by atoms with Crippen LogP contribution in [0.4, 0.5) is 0 Å². The average molecular weight is 391 g/mol. The van der Waals surface area contributed by atoms with Crippen LogP contribution in [0.5, 0.6) is 0 Å². The Morgan fingerprint density at radius 2 is 1.93 bits per heavy atom. The Bertz CT molecular complexity index is 784. The molecule has 27 heavy (non-hydrogen) atoms. The minimum absolute atomic E-state index is 0.00225. The van der Waals surface area contributed by atoms with Crippen LogP contribution in [0.25, 0.3) is 0 Å². The summed E-state index contributed by atoms with van der Waals surface area (Å²) in [7, 11) is 0. The van der Waals surface area contributed by atoms with Crippen molar-refractivity contribution in [3.8, 4) is 0 Å². The number of ether oxygens (including phenoxy) is 1. The van der Waals surface area contributed by atoms with Crippen molar-refractivity contribution in [2.75, 3.05) is 13.1 Å². The molecule has 1 atom stereocenters. The highest BCUT2D eigenvalue weighted by Crippen LogP contribution is 2.39. The maximum Gasteiger partial charge on any atom is 0.307 e. The second-order valence-corrected chi connectivity index (χ2v) is 8.63. The molecule has 7 heteroatoms. The topological polar surface area (TPSA) is 75.7 Å². The number of carbonyl (C=O) groups excluding carboxylic acids is 3. The summed E-state index contributed by atoms with van der Waals surface area (Å²) in [4.78, 5) is 38.9. The van der Waals surface area contributed by atoms with Crippen molar-refractivity contribution in [2.45, 2.75) is 50.7 Å². The largest absolute Gasteiger partial charge is 0.449 e. The zero-order chi connectivity index (χ0) is 19.2. The summed E-state index contributed by atoms with van der Waals surface area (Å²) in [5.41, 5.74) is -0.738. The molecule has 144 valence electrons. The van der Waals surface area contributed by atoms with Crippen molar-refractivity contribution in [3.63, 3.8) is 0 Å². The maximum atomic E-state index is 12.9. The molecule has 2 heterocycles. The van der Waals surface area contributed by atoms with E-state index in [-0.39, 0.29) is 30.2 Å². The van der Waals surface area contributed by atoms with Crippen LogP contribution < -0.4 is 5.32 Å². The van der Waals surface area contributed by atoms with E-state index in [4.69, 9.17) is 16.3 Å². The number of amides is 2. The quantitative estimate of drug-likeness (QED) is 0.781. The van der Waals surface area contributed by atoms with Gasteiger partial charge >= 0.3 is 5.97 Å². The van der Waals surface area contributed by atoms with E-state index in [2.05, 4.69) is 5.32 Å². The summed E-state index contributed by atoms with van der Waals surface area (Å²) in [6, 6.07) is 7.71. The Morgan fingerprint density at radius 3 is 2.48 bits per heavy atom. The summed E-state index contributed by atoms with van der Waals surface area (Å²) < 4.78 is 5.26. The maximum absolute atomic E-state index is 12.9. The molecule has 0 aromatic heterocycles. The second kappa shape index (κ2) is 6.51. The van der Waals surface area contributed by atoms with Gasteiger partial charge in [0.1, 0.15) is 0 Å². The highest BCUT2D eigenvalue weighted by atomic mass is 35.5. The monoisotopic (exact) mass is 390 g/mol. The summed E-state index contributed by atoms with van der Waals surface area (Å²) in [6.07, 6.45) is 3.22. The van der Waals surface area contributed by atoms with Gasteiger partial charge in [-0.1, -0.05) is 23.7 Å². The van der Waals surface area contributed by atoms with Crippen LogP contribution in [0.2, 0.25) is 5.02 Å². The average Bonchev–Trinajstić information content (AvgIpc) is 3.34. The van der Waals surface area contributed by atoms with Crippen LogP contribution in [0.1, 0.15) is 38.2 Å². The van der Waals surface area contributed by atoms with E-state index < -0.39 is 11.0 Å². The van der Waals surface area contributed by atoms with Gasteiger partial charge in [0.15, 0.2) is 5.60 Å². The zero-order valence-corrected chi connectivity index (χ0v) is 16.1. The van der Waals surface area contributed by atoms with Gasteiger partial charge in [-0.2, -0.15) is 0 Å². The molecule has 0 spiro atoms. The molecule has 1 unspecified atom stereocenters. The number of likely N-dealkylation sites (tertiary alicyclic amines) is 1. The van der Waals surface area contributed by atoms with Crippen LogP contribution in [-0.4, -0.2) is 47.4 Å². The van der Waals surface area contributed by atoms with Crippen molar-refractivity contribution in [1.29, 1.82) is 0 Å². The molecule has 6 nitrogen and oxygen atoms in total.